The summed E-state index contributed by atoms with van der Waals surface area (Å²) in [7, 11) is 0. The Bertz CT molecular complexity index is 650. The Morgan fingerprint density at radius 2 is 1.54 bits per heavy atom. The average molecular weight is 365 g/mol. The molecule has 2 rings (SSSR count). The highest BCUT2D eigenvalue weighted by Crippen LogP contribution is 2.34. The first-order valence-electron chi connectivity index (χ1n) is 9.22. The molecule has 0 aromatic carbocycles. The molecule has 1 aliphatic rings. The molecule has 0 saturated carbocycles. The standard InChI is InChI=1S/C19H27NO6/c1-4-7-25-17(21)14-9-12-11-20-16(19(23)24-6-3)13(12)10-15(14)18(22)26-8-5-2/h11,14-15,20H,4-10H2,1-3H3/t14-,15-/m0/s1. The Kier molecular flexibility index (Phi) is 7.24. The van der Waals surface area contributed by atoms with Crippen molar-refractivity contribution in [1.29, 1.82) is 0 Å². The Hall–Kier alpha value is -2.31. The number of aromatic amines is 1. The molecule has 0 fully saturated rings. The zero-order valence-electron chi connectivity index (χ0n) is 15.6. The summed E-state index contributed by atoms with van der Waals surface area (Å²) in [6.45, 7) is 6.44. The van der Waals surface area contributed by atoms with Crippen molar-refractivity contribution in [2.75, 3.05) is 19.8 Å². The number of carbonyl (C=O) groups excluding carboxylic acids is 3. The van der Waals surface area contributed by atoms with E-state index in [1.807, 2.05) is 13.8 Å². The minimum absolute atomic E-state index is 0.251. The molecule has 1 N–H and O–H groups in total. The summed E-state index contributed by atoms with van der Waals surface area (Å²) in [5.74, 6) is -2.55. The molecule has 0 aliphatic heterocycles. The van der Waals surface area contributed by atoms with Crippen molar-refractivity contribution in [2.45, 2.75) is 46.5 Å². The zero-order chi connectivity index (χ0) is 19.1. The van der Waals surface area contributed by atoms with Gasteiger partial charge in [0.25, 0.3) is 0 Å². The van der Waals surface area contributed by atoms with E-state index in [1.54, 1.807) is 13.1 Å². The van der Waals surface area contributed by atoms with Gasteiger partial charge in [0.15, 0.2) is 0 Å². The Morgan fingerprint density at radius 1 is 0.962 bits per heavy atom. The fourth-order valence-electron chi connectivity index (χ4n) is 3.15. The van der Waals surface area contributed by atoms with Crippen molar-refractivity contribution in [3.05, 3.63) is 23.0 Å². The van der Waals surface area contributed by atoms with Crippen LogP contribution in [0.3, 0.4) is 0 Å². The third-order valence-electron chi connectivity index (χ3n) is 4.41. The van der Waals surface area contributed by atoms with Gasteiger partial charge in [0.05, 0.1) is 31.7 Å². The summed E-state index contributed by atoms with van der Waals surface area (Å²) in [5.41, 5.74) is 1.91. The molecule has 0 saturated heterocycles. The molecule has 144 valence electrons. The van der Waals surface area contributed by atoms with Crippen molar-refractivity contribution >= 4 is 17.9 Å². The number of esters is 3. The van der Waals surface area contributed by atoms with Gasteiger partial charge in [-0.25, -0.2) is 4.79 Å². The van der Waals surface area contributed by atoms with Crippen molar-refractivity contribution in [1.82, 2.24) is 4.98 Å². The van der Waals surface area contributed by atoms with Crippen LogP contribution in [0.15, 0.2) is 6.20 Å². The normalized spacial score (nSPS) is 18.7. The van der Waals surface area contributed by atoms with E-state index in [0.717, 1.165) is 11.1 Å². The van der Waals surface area contributed by atoms with Gasteiger partial charge in [0.1, 0.15) is 5.69 Å². The number of hydrogen-bond acceptors (Lipinski definition) is 6. The predicted octanol–water partition coefficient (Wildman–Crippen LogP) is 2.43. The summed E-state index contributed by atoms with van der Waals surface area (Å²) in [6, 6.07) is 0. The lowest BCUT2D eigenvalue weighted by molar-refractivity contribution is -0.161. The van der Waals surface area contributed by atoms with Gasteiger partial charge < -0.3 is 19.2 Å². The lowest BCUT2D eigenvalue weighted by Gasteiger charge is -2.29. The van der Waals surface area contributed by atoms with Gasteiger partial charge in [0.2, 0.25) is 0 Å². The molecule has 0 amide bonds. The van der Waals surface area contributed by atoms with Crippen LogP contribution in [0, 0.1) is 11.8 Å². The molecule has 1 aliphatic carbocycles. The zero-order valence-corrected chi connectivity index (χ0v) is 15.6. The van der Waals surface area contributed by atoms with Gasteiger partial charge in [0, 0.05) is 6.20 Å². The number of ether oxygens (including phenoxy) is 3. The molecule has 0 bridgehead atoms. The summed E-state index contributed by atoms with van der Waals surface area (Å²) >= 11 is 0. The Labute approximate surface area is 153 Å². The van der Waals surface area contributed by atoms with E-state index in [-0.39, 0.29) is 13.0 Å². The molecule has 7 nitrogen and oxygen atoms in total. The second-order valence-electron chi connectivity index (χ2n) is 6.34. The van der Waals surface area contributed by atoms with Crippen LogP contribution in [0.2, 0.25) is 0 Å². The number of aromatic nitrogens is 1. The van der Waals surface area contributed by atoms with E-state index in [4.69, 9.17) is 14.2 Å². The van der Waals surface area contributed by atoms with Crippen LogP contribution in [-0.4, -0.2) is 42.7 Å². The third kappa shape index (κ3) is 4.45. The minimum Gasteiger partial charge on any atom is -0.465 e. The van der Waals surface area contributed by atoms with Gasteiger partial charge in [-0.15, -0.1) is 0 Å². The monoisotopic (exact) mass is 365 g/mol. The molecule has 26 heavy (non-hydrogen) atoms. The first kappa shape index (κ1) is 20.0. The number of fused-ring (bicyclic) bond motifs is 1. The van der Waals surface area contributed by atoms with Crippen molar-refractivity contribution < 1.29 is 28.6 Å². The van der Waals surface area contributed by atoms with E-state index >= 15 is 0 Å². The highest BCUT2D eigenvalue weighted by atomic mass is 16.5. The second kappa shape index (κ2) is 9.40. The summed E-state index contributed by atoms with van der Waals surface area (Å²) in [4.78, 5) is 40.0. The smallest absolute Gasteiger partial charge is 0.355 e. The quantitative estimate of drug-likeness (QED) is 0.562. The molecule has 1 aromatic rings. The molecular weight excluding hydrogens is 338 g/mol. The van der Waals surface area contributed by atoms with E-state index in [2.05, 4.69) is 4.98 Å². The fraction of sp³-hybridized carbons (Fsp3) is 0.632. The van der Waals surface area contributed by atoms with Crippen molar-refractivity contribution in [2.24, 2.45) is 11.8 Å². The maximum Gasteiger partial charge on any atom is 0.355 e. The van der Waals surface area contributed by atoms with Crippen LogP contribution >= 0.6 is 0 Å². The minimum atomic E-state index is -0.664. The highest BCUT2D eigenvalue weighted by Gasteiger charge is 2.42. The molecule has 0 unspecified atom stereocenters. The first-order valence-corrected chi connectivity index (χ1v) is 9.22. The summed E-state index contributed by atoms with van der Waals surface area (Å²) in [5, 5.41) is 0. The van der Waals surface area contributed by atoms with Gasteiger partial charge >= 0.3 is 17.9 Å². The third-order valence-corrected chi connectivity index (χ3v) is 4.41. The maximum atomic E-state index is 12.5. The second-order valence-corrected chi connectivity index (χ2v) is 6.34. The molecule has 0 radical (unpaired) electrons. The number of H-pyrrole nitrogens is 1. The Morgan fingerprint density at radius 3 is 2.08 bits per heavy atom. The van der Waals surface area contributed by atoms with Gasteiger partial charge in [-0.1, -0.05) is 13.8 Å². The molecule has 2 atom stereocenters. The largest absolute Gasteiger partial charge is 0.465 e. The van der Waals surface area contributed by atoms with E-state index in [9.17, 15) is 14.4 Å². The first-order chi connectivity index (χ1) is 12.5. The Balaban J connectivity index is 2.27. The number of nitrogens with one attached hydrogen (secondary N) is 1. The van der Waals surface area contributed by atoms with Crippen LogP contribution < -0.4 is 0 Å². The van der Waals surface area contributed by atoms with Gasteiger partial charge in [-0.2, -0.15) is 0 Å². The van der Waals surface area contributed by atoms with Crippen LogP contribution in [0.4, 0.5) is 0 Å². The van der Waals surface area contributed by atoms with Crippen molar-refractivity contribution in [3.63, 3.8) is 0 Å². The van der Waals surface area contributed by atoms with Crippen LogP contribution in [0.1, 0.15) is 55.2 Å². The highest BCUT2D eigenvalue weighted by molar-refractivity contribution is 5.91. The average Bonchev–Trinajstić information content (AvgIpc) is 3.06. The van der Waals surface area contributed by atoms with Gasteiger partial charge in [-0.05, 0) is 43.7 Å². The fourth-order valence-corrected chi connectivity index (χ4v) is 3.15. The lowest BCUT2D eigenvalue weighted by Crippen LogP contribution is -2.38. The number of carbonyl (C=O) groups is 3. The summed E-state index contributed by atoms with van der Waals surface area (Å²) in [6.07, 6.45) is 3.70. The van der Waals surface area contributed by atoms with Crippen molar-refractivity contribution in [3.8, 4) is 0 Å². The van der Waals surface area contributed by atoms with Gasteiger partial charge in [-0.3, -0.25) is 9.59 Å². The number of rotatable bonds is 8. The molecule has 1 heterocycles. The molecule has 7 heteroatoms. The molecule has 1 aromatic heterocycles. The topological polar surface area (TPSA) is 94.7 Å². The molecular formula is C19H27NO6. The van der Waals surface area contributed by atoms with Crippen LogP contribution in [0.25, 0.3) is 0 Å². The SMILES string of the molecule is CCCOC(=O)[C@H]1Cc2c[nH]c(C(=O)OCC)c2C[C@@H]1C(=O)OCCC. The van der Waals surface area contributed by atoms with E-state index in [1.165, 1.54) is 0 Å². The van der Waals surface area contributed by atoms with E-state index < -0.39 is 29.7 Å². The van der Waals surface area contributed by atoms with Crippen LogP contribution in [0.5, 0.6) is 0 Å². The molecule has 0 spiro atoms. The van der Waals surface area contributed by atoms with E-state index in [0.29, 0.717) is 38.2 Å². The predicted molar refractivity (Wildman–Crippen MR) is 93.6 cm³/mol. The maximum absolute atomic E-state index is 12.5. The van der Waals surface area contributed by atoms with Crippen LogP contribution in [-0.2, 0) is 36.6 Å². The summed E-state index contributed by atoms with van der Waals surface area (Å²) < 4.78 is 15.6. The number of hydrogen-bond donors (Lipinski definition) is 1. The lowest BCUT2D eigenvalue weighted by atomic mass is 9.76.